The number of likely N-dealkylation sites (tertiary alicyclic amines) is 1. The van der Waals surface area contributed by atoms with E-state index in [0.29, 0.717) is 24.5 Å². The van der Waals surface area contributed by atoms with Gasteiger partial charge in [0, 0.05) is 44.8 Å². The van der Waals surface area contributed by atoms with Gasteiger partial charge in [-0.1, -0.05) is 36.4 Å². The van der Waals surface area contributed by atoms with Crippen molar-refractivity contribution >= 4 is 21.8 Å². The molecule has 8 heteroatoms. The van der Waals surface area contributed by atoms with E-state index in [4.69, 9.17) is 0 Å². The van der Waals surface area contributed by atoms with Crippen LogP contribution >= 0.6 is 0 Å². The number of carbonyl (C=O) groups excluding carboxylic acids is 1. The second-order valence-corrected chi connectivity index (χ2v) is 10.7. The minimum atomic E-state index is -3.70. The first-order valence-corrected chi connectivity index (χ1v) is 13.1. The fraction of sp³-hybridized carbons (Fsp3) is 0.440. The van der Waals surface area contributed by atoms with Gasteiger partial charge in [0.25, 0.3) is 10.0 Å². The lowest BCUT2D eigenvalue weighted by atomic mass is 10.1. The number of fused-ring (bicyclic) bond motifs is 1. The molecule has 2 aromatic rings. The van der Waals surface area contributed by atoms with Crippen LogP contribution in [0.25, 0.3) is 0 Å². The van der Waals surface area contributed by atoms with Gasteiger partial charge in [0.05, 0.1) is 0 Å². The molecule has 0 saturated carbocycles. The van der Waals surface area contributed by atoms with Gasteiger partial charge in [-0.3, -0.25) is 9.69 Å². The van der Waals surface area contributed by atoms with E-state index in [1.54, 1.807) is 18.2 Å². The van der Waals surface area contributed by atoms with Crippen LogP contribution in [0, 0.1) is 6.92 Å². The zero-order valence-corrected chi connectivity index (χ0v) is 19.8. The summed E-state index contributed by atoms with van der Waals surface area (Å²) >= 11 is 0. The molecule has 2 saturated heterocycles. The fourth-order valence-electron chi connectivity index (χ4n) is 5.16. The summed E-state index contributed by atoms with van der Waals surface area (Å²) in [7, 11) is -3.70. The average molecular weight is 467 g/mol. The van der Waals surface area contributed by atoms with E-state index in [-0.39, 0.29) is 16.8 Å². The van der Waals surface area contributed by atoms with Crippen molar-refractivity contribution in [1.29, 1.82) is 0 Å². The Balaban J connectivity index is 1.29. The molecule has 0 aliphatic carbocycles. The molecule has 33 heavy (non-hydrogen) atoms. The molecule has 3 heterocycles. The topological polar surface area (TPSA) is 73.3 Å². The maximum absolute atomic E-state index is 13.6. The Bertz CT molecular complexity index is 1190. The van der Waals surface area contributed by atoms with Crippen LogP contribution in [0.1, 0.15) is 36.0 Å². The molecular weight excluding hydrogens is 436 g/mol. The summed E-state index contributed by atoms with van der Waals surface area (Å²) in [6.07, 6.45) is 2.51. The van der Waals surface area contributed by atoms with Crippen LogP contribution < -0.4 is 0 Å². The van der Waals surface area contributed by atoms with E-state index in [2.05, 4.69) is 40.5 Å². The van der Waals surface area contributed by atoms with Crippen molar-refractivity contribution in [3.05, 3.63) is 65.2 Å². The largest absolute Gasteiger partial charge is 0.343 e. The van der Waals surface area contributed by atoms with Crippen molar-refractivity contribution in [3.63, 3.8) is 0 Å². The van der Waals surface area contributed by atoms with Crippen LogP contribution in [0.4, 0.5) is 0 Å². The summed E-state index contributed by atoms with van der Waals surface area (Å²) in [5.74, 6) is 0.521. The minimum absolute atomic E-state index is 0.0923. The SMILES string of the molecule is Cc1ccccc1CN1CCCN(C(=O)[C@@H]2CCCN2C2=NS(=O)(=O)c3ccccc32)CC1. The molecule has 3 aliphatic rings. The van der Waals surface area contributed by atoms with E-state index >= 15 is 0 Å². The first kappa shape index (κ1) is 22.1. The molecule has 0 radical (unpaired) electrons. The van der Waals surface area contributed by atoms with Gasteiger partial charge in [0.1, 0.15) is 10.9 Å². The van der Waals surface area contributed by atoms with Gasteiger partial charge in [-0.05, 0) is 49.4 Å². The van der Waals surface area contributed by atoms with Crippen molar-refractivity contribution in [2.24, 2.45) is 4.40 Å². The smallest absolute Gasteiger partial charge is 0.285 e. The number of aryl methyl sites for hydroxylation is 1. The molecule has 0 N–H and O–H groups in total. The summed E-state index contributed by atoms with van der Waals surface area (Å²) in [5.41, 5.74) is 3.24. The lowest BCUT2D eigenvalue weighted by Gasteiger charge is -2.30. The number of rotatable bonds is 3. The third-order valence-electron chi connectivity index (χ3n) is 6.98. The number of amides is 1. The molecule has 5 rings (SSSR count). The first-order chi connectivity index (χ1) is 15.9. The third kappa shape index (κ3) is 4.29. The first-order valence-electron chi connectivity index (χ1n) is 11.7. The number of hydrogen-bond acceptors (Lipinski definition) is 5. The molecule has 174 valence electrons. The molecule has 0 bridgehead atoms. The highest BCUT2D eigenvalue weighted by atomic mass is 32.2. The molecule has 0 unspecified atom stereocenters. The Morgan fingerprint density at radius 2 is 1.76 bits per heavy atom. The Morgan fingerprint density at radius 3 is 2.61 bits per heavy atom. The van der Waals surface area contributed by atoms with Crippen LogP contribution in [0.3, 0.4) is 0 Å². The average Bonchev–Trinajstić information content (AvgIpc) is 3.31. The summed E-state index contributed by atoms with van der Waals surface area (Å²) < 4.78 is 29.1. The van der Waals surface area contributed by atoms with Crippen molar-refractivity contribution in [2.45, 2.75) is 43.7 Å². The van der Waals surface area contributed by atoms with Crippen molar-refractivity contribution in [2.75, 3.05) is 32.7 Å². The fourth-order valence-corrected chi connectivity index (χ4v) is 6.38. The number of nitrogens with zero attached hydrogens (tertiary/aromatic N) is 4. The Hall–Kier alpha value is -2.71. The standard InChI is InChI=1S/C25H30N4O3S/c1-19-8-2-3-9-20(19)18-27-13-7-14-28(17-16-27)25(30)22-11-6-15-29(22)24-21-10-4-5-12-23(21)33(31,32)26-24/h2-5,8-10,12,22H,6-7,11,13-18H2,1H3/t22-/m0/s1. The van der Waals surface area contributed by atoms with Crippen LogP contribution in [0.2, 0.25) is 0 Å². The molecule has 1 amide bonds. The highest BCUT2D eigenvalue weighted by Gasteiger charge is 2.40. The predicted octanol–water partition coefficient (Wildman–Crippen LogP) is 2.64. The number of benzene rings is 2. The molecule has 3 aliphatic heterocycles. The van der Waals surface area contributed by atoms with Gasteiger partial charge in [0.15, 0.2) is 5.84 Å². The summed E-state index contributed by atoms with van der Waals surface area (Å²) in [5, 5.41) is 0. The number of sulfonamides is 1. The highest BCUT2D eigenvalue weighted by Crippen LogP contribution is 2.31. The Morgan fingerprint density at radius 1 is 0.970 bits per heavy atom. The van der Waals surface area contributed by atoms with Gasteiger partial charge in [-0.2, -0.15) is 8.42 Å². The van der Waals surface area contributed by atoms with Gasteiger partial charge in [-0.15, -0.1) is 4.40 Å². The maximum Gasteiger partial charge on any atom is 0.285 e. The van der Waals surface area contributed by atoms with Gasteiger partial charge >= 0.3 is 0 Å². The molecule has 0 aromatic heterocycles. The maximum atomic E-state index is 13.6. The quantitative estimate of drug-likeness (QED) is 0.695. The van der Waals surface area contributed by atoms with Crippen molar-refractivity contribution < 1.29 is 13.2 Å². The zero-order valence-electron chi connectivity index (χ0n) is 19.0. The van der Waals surface area contributed by atoms with E-state index in [0.717, 1.165) is 45.4 Å². The third-order valence-corrected chi connectivity index (χ3v) is 8.30. The van der Waals surface area contributed by atoms with Crippen LogP contribution in [-0.2, 0) is 21.4 Å². The molecular formula is C25H30N4O3S. The summed E-state index contributed by atoms with van der Waals surface area (Å²) in [4.78, 5) is 20.1. The molecule has 2 fully saturated rings. The number of carbonyl (C=O) groups is 1. The van der Waals surface area contributed by atoms with Gasteiger partial charge in [0.2, 0.25) is 5.91 Å². The Kier molecular flexibility index (Phi) is 5.97. The molecule has 7 nitrogen and oxygen atoms in total. The molecule has 2 aromatic carbocycles. The van der Waals surface area contributed by atoms with Crippen LogP contribution in [0.15, 0.2) is 57.8 Å². The normalized spacial score (nSPS) is 22.7. The second-order valence-electron chi connectivity index (χ2n) is 9.12. The monoisotopic (exact) mass is 466 g/mol. The minimum Gasteiger partial charge on any atom is -0.343 e. The zero-order chi connectivity index (χ0) is 23.0. The summed E-state index contributed by atoms with van der Waals surface area (Å²) in [6.45, 7) is 6.91. The lowest BCUT2D eigenvalue weighted by molar-refractivity contribution is -0.134. The summed E-state index contributed by atoms with van der Waals surface area (Å²) in [6, 6.07) is 15.0. The van der Waals surface area contributed by atoms with Crippen molar-refractivity contribution in [1.82, 2.24) is 14.7 Å². The van der Waals surface area contributed by atoms with Crippen LogP contribution in [0.5, 0.6) is 0 Å². The van der Waals surface area contributed by atoms with Gasteiger partial charge < -0.3 is 9.80 Å². The highest BCUT2D eigenvalue weighted by molar-refractivity contribution is 7.90. The van der Waals surface area contributed by atoms with E-state index in [1.165, 1.54) is 11.1 Å². The lowest BCUT2D eigenvalue weighted by Crippen LogP contribution is -2.48. The molecule has 0 spiro atoms. The Labute approximate surface area is 195 Å². The van der Waals surface area contributed by atoms with E-state index in [9.17, 15) is 13.2 Å². The van der Waals surface area contributed by atoms with Crippen LogP contribution in [-0.4, -0.2) is 73.6 Å². The molecule has 1 atom stereocenters. The second kappa shape index (κ2) is 8.91. The number of amidine groups is 1. The van der Waals surface area contributed by atoms with E-state index < -0.39 is 10.0 Å². The number of hydrogen-bond donors (Lipinski definition) is 0. The van der Waals surface area contributed by atoms with Crippen molar-refractivity contribution in [3.8, 4) is 0 Å². The predicted molar refractivity (Wildman–Crippen MR) is 128 cm³/mol. The van der Waals surface area contributed by atoms with E-state index in [1.807, 2.05) is 15.9 Å². The van der Waals surface area contributed by atoms with Gasteiger partial charge in [-0.25, -0.2) is 0 Å².